The molecule has 1 rings (SSSR count). The summed E-state index contributed by atoms with van der Waals surface area (Å²) in [6.07, 6.45) is 2.62. The molecule has 3 nitrogen and oxygen atoms in total. The lowest BCUT2D eigenvalue weighted by Crippen LogP contribution is -2.48. The average Bonchev–Trinajstić information content (AvgIpc) is 2.25. The Bertz CT molecular complexity index is 247. The number of hydrogen-bond acceptors (Lipinski definition) is 2. The maximum absolute atomic E-state index is 11.4. The summed E-state index contributed by atoms with van der Waals surface area (Å²) in [5, 5.41) is 0. The first-order chi connectivity index (χ1) is 7.42. The molecule has 0 unspecified atom stereocenters. The molecule has 0 aromatic heterocycles. The van der Waals surface area contributed by atoms with Gasteiger partial charge in [-0.1, -0.05) is 27.4 Å². The highest BCUT2D eigenvalue weighted by atomic mass is 16.2. The molecule has 1 aliphatic rings. The molecule has 1 amide bonds. The maximum atomic E-state index is 11.4. The van der Waals surface area contributed by atoms with E-state index in [0.717, 1.165) is 32.7 Å². The molecule has 0 aromatic rings. The first-order valence-electron chi connectivity index (χ1n) is 6.06. The van der Waals surface area contributed by atoms with Crippen molar-refractivity contribution < 1.29 is 4.79 Å². The Hall–Kier alpha value is -0.830. The van der Waals surface area contributed by atoms with Crippen LogP contribution in [0, 0.1) is 5.41 Å². The summed E-state index contributed by atoms with van der Waals surface area (Å²) in [4.78, 5) is 15.7. The summed E-state index contributed by atoms with van der Waals surface area (Å²) in [6, 6.07) is 0. The standard InChI is InChI=1S/C13H24N2O/c1-5-12(16)15-10-8-14(9-11-15)7-6-13(2,3)4/h5H,1,6-11H2,2-4H3. The fourth-order valence-electron chi connectivity index (χ4n) is 1.81. The van der Waals surface area contributed by atoms with Crippen LogP contribution in [-0.2, 0) is 4.79 Å². The molecule has 1 aliphatic heterocycles. The summed E-state index contributed by atoms with van der Waals surface area (Å²) in [7, 11) is 0. The minimum Gasteiger partial charge on any atom is -0.337 e. The van der Waals surface area contributed by atoms with E-state index >= 15 is 0 Å². The molecule has 1 saturated heterocycles. The molecule has 92 valence electrons. The van der Waals surface area contributed by atoms with Crippen molar-refractivity contribution in [3.05, 3.63) is 12.7 Å². The fraction of sp³-hybridized carbons (Fsp3) is 0.769. The van der Waals surface area contributed by atoms with Crippen molar-refractivity contribution in [1.82, 2.24) is 9.80 Å². The molecule has 0 aliphatic carbocycles. The Morgan fingerprint density at radius 3 is 2.25 bits per heavy atom. The largest absolute Gasteiger partial charge is 0.337 e. The lowest BCUT2D eigenvalue weighted by atomic mass is 9.92. The first-order valence-corrected chi connectivity index (χ1v) is 6.06. The monoisotopic (exact) mass is 224 g/mol. The molecule has 0 N–H and O–H groups in total. The topological polar surface area (TPSA) is 23.6 Å². The molecule has 16 heavy (non-hydrogen) atoms. The fourth-order valence-corrected chi connectivity index (χ4v) is 1.81. The van der Waals surface area contributed by atoms with Gasteiger partial charge in [0.1, 0.15) is 0 Å². The van der Waals surface area contributed by atoms with E-state index in [2.05, 4.69) is 32.3 Å². The van der Waals surface area contributed by atoms with Crippen molar-refractivity contribution in [1.29, 1.82) is 0 Å². The third kappa shape index (κ3) is 4.35. The predicted molar refractivity (Wildman–Crippen MR) is 67.3 cm³/mol. The highest BCUT2D eigenvalue weighted by molar-refractivity contribution is 5.87. The van der Waals surface area contributed by atoms with E-state index < -0.39 is 0 Å². The zero-order chi connectivity index (χ0) is 12.2. The zero-order valence-electron chi connectivity index (χ0n) is 10.8. The van der Waals surface area contributed by atoms with Gasteiger partial charge in [-0.05, 0) is 24.5 Å². The van der Waals surface area contributed by atoms with E-state index in [0.29, 0.717) is 5.41 Å². The number of nitrogens with zero attached hydrogens (tertiary/aromatic N) is 2. The van der Waals surface area contributed by atoms with E-state index in [1.165, 1.54) is 12.5 Å². The summed E-state index contributed by atoms with van der Waals surface area (Å²) in [5.41, 5.74) is 0.397. The van der Waals surface area contributed by atoms with Gasteiger partial charge in [0.25, 0.3) is 0 Å². The minimum atomic E-state index is 0.0653. The molecule has 1 fully saturated rings. The number of carbonyl (C=O) groups excluding carboxylic acids is 1. The second-order valence-electron chi connectivity index (χ2n) is 5.68. The average molecular weight is 224 g/mol. The van der Waals surface area contributed by atoms with Crippen LogP contribution in [0.15, 0.2) is 12.7 Å². The molecule has 0 radical (unpaired) electrons. The van der Waals surface area contributed by atoms with Crippen molar-refractivity contribution in [2.24, 2.45) is 5.41 Å². The van der Waals surface area contributed by atoms with Crippen LogP contribution in [0.1, 0.15) is 27.2 Å². The van der Waals surface area contributed by atoms with Crippen LogP contribution in [0.4, 0.5) is 0 Å². The van der Waals surface area contributed by atoms with Gasteiger partial charge in [0, 0.05) is 26.2 Å². The van der Waals surface area contributed by atoms with Crippen molar-refractivity contribution in [3.8, 4) is 0 Å². The van der Waals surface area contributed by atoms with Gasteiger partial charge < -0.3 is 4.90 Å². The van der Waals surface area contributed by atoms with Gasteiger partial charge in [-0.2, -0.15) is 0 Å². The normalized spacial score (nSPS) is 18.6. The van der Waals surface area contributed by atoms with E-state index in [1.54, 1.807) is 0 Å². The second-order valence-corrected chi connectivity index (χ2v) is 5.68. The number of hydrogen-bond donors (Lipinski definition) is 0. The maximum Gasteiger partial charge on any atom is 0.246 e. The van der Waals surface area contributed by atoms with Gasteiger partial charge in [0.2, 0.25) is 5.91 Å². The van der Waals surface area contributed by atoms with Gasteiger partial charge >= 0.3 is 0 Å². The summed E-state index contributed by atoms with van der Waals surface area (Å²) >= 11 is 0. The highest BCUT2D eigenvalue weighted by Crippen LogP contribution is 2.19. The van der Waals surface area contributed by atoms with Gasteiger partial charge in [0.05, 0.1) is 0 Å². The Balaban J connectivity index is 2.27. The Morgan fingerprint density at radius 2 is 1.81 bits per heavy atom. The van der Waals surface area contributed by atoms with Gasteiger partial charge in [-0.15, -0.1) is 0 Å². The van der Waals surface area contributed by atoms with Gasteiger partial charge in [-0.3, -0.25) is 9.69 Å². The molecule has 0 aromatic carbocycles. The van der Waals surface area contributed by atoms with E-state index in [1.807, 2.05) is 4.90 Å². The second kappa shape index (κ2) is 5.48. The van der Waals surface area contributed by atoms with E-state index in [9.17, 15) is 4.79 Å². The summed E-state index contributed by atoms with van der Waals surface area (Å²) in [5.74, 6) is 0.0653. The van der Waals surface area contributed by atoms with Crippen molar-refractivity contribution >= 4 is 5.91 Å². The Kier molecular flexibility index (Phi) is 4.54. The third-order valence-corrected chi connectivity index (χ3v) is 3.04. The van der Waals surface area contributed by atoms with Crippen LogP contribution in [0.3, 0.4) is 0 Å². The van der Waals surface area contributed by atoms with Crippen LogP contribution in [0.5, 0.6) is 0 Å². The number of piperazine rings is 1. The van der Waals surface area contributed by atoms with Crippen LogP contribution in [0.25, 0.3) is 0 Å². The van der Waals surface area contributed by atoms with Crippen molar-refractivity contribution in [2.45, 2.75) is 27.2 Å². The molecule has 3 heteroatoms. The van der Waals surface area contributed by atoms with Crippen LogP contribution >= 0.6 is 0 Å². The SMILES string of the molecule is C=CC(=O)N1CCN(CCC(C)(C)C)CC1. The molecular formula is C13H24N2O. The predicted octanol–water partition coefficient (Wildman–Crippen LogP) is 1.75. The highest BCUT2D eigenvalue weighted by Gasteiger charge is 2.20. The summed E-state index contributed by atoms with van der Waals surface area (Å²) < 4.78 is 0. The quantitative estimate of drug-likeness (QED) is 0.682. The smallest absolute Gasteiger partial charge is 0.246 e. The van der Waals surface area contributed by atoms with Gasteiger partial charge in [0.15, 0.2) is 0 Å². The van der Waals surface area contributed by atoms with E-state index in [4.69, 9.17) is 0 Å². The van der Waals surface area contributed by atoms with Crippen LogP contribution in [0.2, 0.25) is 0 Å². The third-order valence-electron chi connectivity index (χ3n) is 3.04. The number of amides is 1. The van der Waals surface area contributed by atoms with E-state index in [-0.39, 0.29) is 5.91 Å². The lowest BCUT2D eigenvalue weighted by Gasteiger charge is -2.35. The number of rotatable bonds is 3. The molecule has 1 heterocycles. The molecule has 0 bridgehead atoms. The molecule has 0 saturated carbocycles. The molecular weight excluding hydrogens is 200 g/mol. The molecule has 0 spiro atoms. The zero-order valence-corrected chi connectivity index (χ0v) is 10.8. The minimum absolute atomic E-state index is 0.0653. The Morgan fingerprint density at radius 1 is 1.25 bits per heavy atom. The molecule has 0 atom stereocenters. The number of carbonyl (C=O) groups is 1. The Labute approximate surface area is 99.1 Å². The van der Waals surface area contributed by atoms with Crippen molar-refractivity contribution in [2.75, 3.05) is 32.7 Å². The van der Waals surface area contributed by atoms with Crippen LogP contribution < -0.4 is 0 Å². The first kappa shape index (κ1) is 13.2. The van der Waals surface area contributed by atoms with Crippen LogP contribution in [-0.4, -0.2) is 48.4 Å². The lowest BCUT2D eigenvalue weighted by molar-refractivity contribution is -0.127. The van der Waals surface area contributed by atoms with Crippen molar-refractivity contribution in [3.63, 3.8) is 0 Å². The van der Waals surface area contributed by atoms with Gasteiger partial charge in [-0.25, -0.2) is 0 Å². The summed E-state index contributed by atoms with van der Waals surface area (Å²) in [6.45, 7) is 15.1.